The molecular formula is C13H26N2. The summed E-state index contributed by atoms with van der Waals surface area (Å²) in [6.07, 6.45) is 12.5. The van der Waals surface area contributed by atoms with Crippen LogP contribution in [0.25, 0.3) is 0 Å². The van der Waals surface area contributed by atoms with Crippen molar-refractivity contribution in [1.82, 2.24) is 10.0 Å². The molecule has 0 radical (unpaired) electrons. The van der Waals surface area contributed by atoms with Crippen molar-refractivity contribution < 1.29 is 0 Å². The molecule has 0 aliphatic carbocycles. The molecule has 1 heterocycles. The minimum atomic E-state index is 1.12. The first-order valence-electron chi connectivity index (χ1n) is 6.56. The lowest BCUT2D eigenvalue weighted by Crippen LogP contribution is -2.36. The van der Waals surface area contributed by atoms with Crippen LogP contribution in [0, 0.1) is 0 Å². The van der Waals surface area contributed by atoms with Crippen molar-refractivity contribution in [2.24, 2.45) is 0 Å². The fourth-order valence-electron chi connectivity index (χ4n) is 1.99. The SMILES string of the molecule is CCCCCN1C=CCN1CCCCC. The van der Waals surface area contributed by atoms with Gasteiger partial charge in [-0.1, -0.05) is 45.6 Å². The highest BCUT2D eigenvalue weighted by atomic mass is 15.6. The molecule has 0 bridgehead atoms. The number of hydrogen-bond acceptors (Lipinski definition) is 2. The number of rotatable bonds is 8. The van der Waals surface area contributed by atoms with Crippen molar-refractivity contribution in [2.75, 3.05) is 19.6 Å². The highest BCUT2D eigenvalue weighted by Gasteiger charge is 2.14. The summed E-state index contributed by atoms with van der Waals surface area (Å²) in [4.78, 5) is 0. The van der Waals surface area contributed by atoms with Crippen LogP contribution < -0.4 is 0 Å². The lowest BCUT2D eigenvalue weighted by atomic mass is 10.2. The third-order valence-corrected chi connectivity index (χ3v) is 2.97. The largest absolute Gasteiger partial charge is 0.313 e. The smallest absolute Gasteiger partial charge is 0.0379 e. The van der Waals surface area contributed by atoms with Gasteiger partial charge in [0.2, 0.25) is 0 Å². The third-order valence-electron chi connectivity index (χ3n) is 2.97. The van der Waals surface area contributed by atoms with Gasteiger partial charge in [-0.05, 0) is 12.8 Å². The average molecular weight is 210 g/mol. The molecule has 2 heteroatoms. The summed E-state index contributed by atoms with van der Waals surface area (Å²) in [5.41, 5.74) is 0. The Kier molecular flexibility index (Phi) is 6.49. The number of unbranched alkanes of at least 4 members (excludes halogenated alkanes) is 4. The number of hydrazine groups is 1. The fourth-order valence-corrected chi connectivity index (χ4v) is 1.99. The molecule has 15 heavy (non-hydrogen) atoms. The van der Waals surface area contributed by atoms with Crippen LogP contribution >= 0.6 is 0 Å². The quantitative estimate of drug-likeness (QED) is 0.566. The predicted octanol–water partition coefficient (Wildman–Crippen LogP) is 3.41. The highest BCUT2D eigenvalue weighted by Crippen LogP contribution is 2.11. The normalized spacial score (nSPS) is 16.5. The van der Waals surface area contributed by atoms with Gasteiger partial charge in [0.15, 0.2) is 0 Å². The van der Waals surface area contributed by atoms with Crippen LogP contribution in [-0.4, -0.2) is 29.7 Å². The van der Waals surface area contributed by atoms with Crippen molar-refractivity contribution >= 4 is 0 Å². The van der Waals surface area contributed by atoms with E-state index >= 15 is 0 Å². The van der Waals surface area contributed by atoms with Crippen LogP contribution in [0.15, 0.2) is 12.3 Å². The molecule has 0 aromatic carbocycles. The maximum absolute atomic E-state index is 2.48. The summed E-state index contributed by atoms with van der Waals surface area (Å²) in [6.45, 7) is 8.08. The zero-order valence-corrected chi connectivity index (χ0v) is 10.4. The van der Waals surface area contributed by atoms with E-state index < -0.39 is 0 Å². The Morgan fingerprint density at radius 3 is 2.27 bits per heavy atom. The van der Waals surface area contributed by atoms with E-state index in [0.717, 1.165) is 6.54 Å². The Morgan fingerprint density at radius 1 is 0.933 bits per heavy atom. The molecule has 0 saturated carbocycles. The molecule has 0 spiro atoms. The first-order chi connectivity index (χ1) is 7.38. The molecule has 0 N–H and O–H groups in total. The van der Waals surface area contributed by atoms with Crippen LogP contribution in [0.3, 0.4) is 0 Å². The maximum atomic E-state index is 2.48. The van der Waals surface area contributed by atoms with E-state index in [1.165, 1.54) is 51.6 Å². The second-order valence-electron chi connectivity index (χ2n) is 4.37. The van der Waals surface area contributed by atoms with Gasteiger partial charge in [-0.15, -0.1) is 0 Å². The van der Waals surface area contributed by atoms with E-state index in [-0.39, 0.29) is 0 Å². The minimum Gasteiger partial charge on any atom is -0.313 e. The lowest BCUT2D eigenvalue weighted by molar-refractivity contribution is 0.0485. The Balaban J connectivity index is 2.14. The molecule has 1 aliphatic rings. The van der Waals surface area contributed by atoms with E-state index in [0.29, 0.717) is 0 Å². The maximum Gasteiger partial charge on any atom is 0.0379 e. The molecule has 0 saturated heterocycles. The second kappa shape index (κ2) is 7.75. The van der Waals surface area contributed by atoms with E-state index in [1.54, 1.807) is 0 Å². The van der Waals surface area contributed by atoms with Crippen LogP contribution in [0.5, 0.6) is 0 Å². The van der Waals surface area contributed by atoms with Crippen LogP contribution in [0.2, 0.25) is 0 Å². The zero-order chi connectivity index (χ0) is 10.9. The molecule has 0 unspecified atom stereocenters. The summed E-state index contributed by atoms with van der Waals surface area (Å²) in [5.74, 6) is 0. The first kappa shape index (κ1) is 12.6. The van der Waals surface area contributed by atoms with Gasteiger partial charge in [-0.25, -0.2) is 5.01 Å². The topological polar surface area (TPSA) is 6.48 Å². The Morgan fingerprint density at radius 2 is 1.60 bits per heavy atom. The van der Waals surface area contributed by atoms with E-state index in [1.807, 2.05) is 0 Å². The molecule has 1 rings (SSSR count). The van der Waals surface area contributed by atoms with Crippen LogP contribution in [-0.2, 0) is 0 Å². The zero-order valence-electron chi connectivity index (χ0n) is 10.4. The monoisotopic (exact) mass is 210 g/mol. The lowest BCUT2D eigenvalue weighted by Gasteiger charge is -2.29. The minimum absolute atomic E-state index is 1.12. The van der Waals surface area contributed by atoms with Gasteiger partial charge in [-0.2, -0.15) is 0 Å². The molecule has 88 valence electrons. The van der Waals surface area contributed by atoms with Crippen molar-refractivity contribution in [3.8, 4) is 0 Å². The average Bonchev–Trinajstić information content (AvgIpc) is 2.67. The van der Waals surface area contributed by atoms with Gasteiger partial charge in [0, 0.05) is 25.8 Å². The third kappa shape index (κ3) is 4.70. The van der Waals surface area contributed by atoms with Crippen LogP contribution in [0.4, 0.5) is 0 Å². The van der Waals surface area contributed by atoms with Crippen molar-refractivity contribution in [3.63, 3.8) is 0 Å². The van der Waals surface area contributed by atoms with Gasteiger partial charge < -0.3 is 5.01 Å². The fraction of sp³-hybridized carbons (Fsp3) is 0.846. The van der Waals surface area contributed by atoms with Crippen molar-refractivity contribution in [1.29, 1.82) is 0 Å². The molecule has 2 nitrogen and oxygen atoms in total. The summed E-state index contributed by atoms with van der Waals surface area (Å²) in [7, 11) is 0. The van der Waals surface area contributed by atoms with Crippen molar-refractivity contribution in [2.45, 2.75) is 52.4 Å². The van der Waals surface area contributed by atoms with E-state index in [9.17, 15) is 0 Å². The molecule has 1 aliphatic heterocycles. The molecule has 0 fully saturated rings. The molecule has 0 amide bonds. The predicted molar refractivity (Wildman–Crippen MR) is 66.5 cm³/mol. The molecule has 0 aromatic heterocycles. The number of hydrogen-bond donors (Lipinski definition) is 0. The summed E-state index contributed by atoms with van der Waals surface area (Å²) < 4.78 is 0. The molecule has 0 aromatic rings. The Labute approximate surface area is 94.9 Å². The van der Waals surface area contributed by atoms with Gasteiger partial charge >= 0.3 is 0 Å². The van der Waals surface area contributed by atoms with E-state index in [2.05, 4.69) is 36.1 Å². The van der Waals surface area contributed by atoms with E-state index in [4.69, 9.17) is 0 Å². The van der Waals surface area contributed by atoms with Gasteiger partial charge in [0.1, 0.15) is 0 Å². The highest BCUT2D eigenvalue weighted by molar-refractivity contribution is 4.91. The number of nitrogens with zero attached hydrogens (tertiary/aromatic N) is 2. The van der Waals surface area contributed by atoms with Crippen LogP contribution in [0.1, 0.15) is 52.4 Å². The second-order valence-corrected chi connectivity index (χ2v) is 4.37. The first-order valence-corrected chi connectivity index (χ1v) is 6.56. The summed E-state index contributed by atoms with van der Waals surface area (Å²) in [5, 5.41) is 4.89. The Hall–Kier alpha value is -0.500. The van der Waals surface area contributed by atoms with Gasteiger partial charge in [0.25, 0.3) is 0 Å². The summed E-state index contributed by atoms with van der Waals surface area (Å²) >= 11 is 0. The molecule has 0 atom stereocenters. The summed E-state index contributed by atoms with van der Waals surface area (Å²) in [6, 6.07) is 0. The molecular weight excluding hydrogens is 184 g/mol. The van der Waals surface area contributed by atoms with Gasteiger partial charge in [-0.3, -0.25) is 0 Å². The van der Waals surface area contributed by atoms with Gasteiger partial charge in [0.05, 0.1) is 0 Å². The Bertz CT molecular complexity index is 177. The van der Waals surface area contributed by atoms with Crippen molar-refractivity contribution in [3.05, 3.63) is 12.3 Å². The standard InChI is InChI=1S/C13H26N2/c1-3-5-7-10-14-12-9-13-15(14)11-8-6-4-2/h9,12H,3-8,10-11,13H2,1-2H3.